The number of hydrogen-bond donors (Lipinski definition) is 0. The summed E-state index contributed by atoms with van der Waals surface area (Å²) in [6, 6.07) is 10.5. The van der Waals surface area contributed by atoms with Crippen molar-refractivity contribution >= 4 is 25.4 Å². The van der Waals surface area contributed by atoms with Crippen molar-refractivity contribution in [1.29, 1.82) is 0 Å². The van der Waals surface area contributed by atoms with Crippen LogP contribution < -0.4 is 4.46 Å². The zero-order chi connectivity index (χ0) is 16.7. The summed E-state index contributed by atoms with van der Waals surface area (Å²) < 4.78 is 12.7. The van der Waals surface area contributed by atoms with Crippen molar-refractivity contribution in [3.05, 3.63) is 54.3 Å². The van der Waals surface area contributed by atoms with Gasteiger partial charge in [0.05, 0.1) is 0 Å². The SMILES string of the molecule is C=CCCC1=C(C(=O)OCC)CC(C(C)[Se]c2ccccc2)O1. The van der Waals surface area contributed by atoms with Crippen molar-refractivity contribution in [3.63, 3.8) is 0 Å². The van der Waals surface area contributed by atoms with Crippen LogP contribution in [0.15, 0.2) is 54.3 Å². The molecule has 0 bridgehead atoms. The van der Waals surface area contributed by atoms with E-state index in [4.69, 9.17) is 9.47 Å². The first-order chi connectivity index (χ1) is 11.2. The summed E-state index contributed by atoms with van der Waals surface area (Å²) in [5.41, 5.74) is 0.717. The summed E-state index contributed by atoms with van der Waals surface area (Å²) in [5, 5.41) is 0. The molecule has 0 spiro atoms. The number of carbonyl (C=O) groups excluding carboxylic acids is 1. The van der Waals surface area contributed by atoms with Crippen molar-refractivity contribution in [1.82, 2.24) is 0 Å². The first-order valence-electron chi connectivity index (χ1n) is 8.04. The molecule has 0 aliphatic carbocycles. The molecule has 0 radical (unpaired) electrons. The number of rotatable bonds is 8. The topological polar surface area (TPSA) is 35.5 Å². The van der Waals surface area contributed by atoms with E-state index in [1.807, 2.05) is 19.1 Å². The number of carbonyl (C=O) groups is 1. The summed E-state index contributed by atoms with van der Waals surface area (Å²) in [6.07, 6.45) is 4.10. The monoisotopic (exact) mass is 380 g/mol. The second-order valence-corrected chi connectivity index (χ2v) is 8.49. The molecule has 2 atom stereocenters. The van der Waals surface area contributed by atoms with Crippen LogP contribution >= 0.6 is 0 Å². The van der Waals surface area contributed by atoms with Gasteiger partial charge in [-0.3, -0.25) is 0 Å². The molecule has 1 aliphatic heterocycles. The predicted octanol–water partition coefficient (Wildman–Crippen LogP) is 3.40. The van der Waals surface area contributed by atoms with Crippen LogP contribution in [0.5, 0.6) is 0 Å². The Morgan fingerprint density at radius 2 is 2.22 bits per heavy atom. The zero-order valence-corrected chi connectivity index (χ0v) is 15.5. The molecule has 124 valence electrons. The van der Waals surface area contributed by atoms with E-state index in [0.717, 1.165) is 24.2 Å². The Labute approximate surface area is 144 Å². The van der Waals surface area contributed by atoms with Crippen LogP contribution in [0.4, 0.5) is 0 Å². The van der Waals surface area contributed by atoms with Gasteiger partial charge in [-0.25, -0.2) is 0 Å². The molecular weight excluding hydrogens is 355 g/mol. The Morgan fingerprint density at radius 3 is 2.87 bits per heavy atom. The number of benzene rings is 1. The molecule has 0 saturated heterocycles. The Morgan fingerprint density at radius 1 is 1.48 bits per heavy atom. The van der Waals surface area contributed by atoms with Gasteiger partial charge in [0.1, 0.15) is 0 Å². The van der Waals surface area contributed by atoms with Gasteiger partial charge in [-0.2, -0.15) is 0 Å². The summed E-state index contributed by atoms with van der Waals surface area (Å²) in [4.78, 5) is 12.6. The summed E-state index contributed by atoms with van der Waals surface area (Å²) >= 11 is 0.319. The molecule has 0 amide bonds. The quantitative estimate of drug-likeness (QED) is 0.395. The third-order valence-corrected chi connectivity index (χ3v) is 6.28. The van der Waals surface area contributed by atoms with Crippen molar-refractivity contribution in [3.8, 4) is 0 Å². The second kappa shape index (κ2) is 8.95. The van der Waals surface area contributed by atoms with Gasteiger partial charge in [-0.15, -0.1) is 0 Å². The second-order valence-electron chi connectivity index (χ2n) is 5.45. The average molecular weight is 379 g/mol. The van der Waals surface area contributed by atoms with Gasteiger partial charge in [0, 0.05) is 0 Å². The van der Waals surface area contributed by atoms with Gasteiger partial charge in [0.15, 0.2) is 0 Å². The Hall–Kier alpha value is -1.51. The van der Waals surface area contributed by atoms with Crippen LogP contribution in [0.3, 0.4) is 0 Å². The molecule has 2 rings (SSSR count). The molecule has 1 heterocycles. The van der Waals surface area contributed by atoms with E-state index in [1.54, 1.807) is 0 Å². The molecule has 1 aromatic rings. The third kappa shape index (κ3) is 4.98. The van der Waals surface area contributed by atoms with Crippen LogP contribution in [-0.4, -0.2) is 33.6 Å². The van der Waals surface area contributed by atoms with E-state index in [1.165, 1.54) is 4.46 Å². The first-order valence-corrected chi connectivity index (χ1v) is 9.88. The molecule has 23 heavy (non-hydrogen) atoms. The third-order valence-electron chi connectivity index (χ3n) is 3.72. The Balaban J connectivity index is 2.03. The fourth-order valence-electron chi connectivity index (χ4n) is 2.52. The van der Waals surface area contributed by atoms with Gasteiger partial charge in [0.2, 0.25) is 0 Å². The molecule has 3 nitrogen and oxygen atoms in total. The fraction of sp³-hybridized carbons (Fsp3) is 0.421. The number of esters is 1. The van der Waals surface area contributed by atoms with E-state index in [9.17, 15) is 4.79 Å². The predicted molar refractivity (Wildman–Crippen MR) is 93.8 cm³/mol. The molecule has 4 heteroatoms. The van der Waals surface area contributed by atoms with Crippen molar-refractivity contribution in [2.75, 3.05) is 6.61 Å². The normalized spacial score (nSPS) is 18.4. The van der Waals surface area contributed by atoms with E-state index >= 15 is 0 Å². The summed E-state index contributed by atoms with van der Waals surface area (Å²) in [6.45, 7) is 8.18. The summed E-state index contributed by atoms with van der Waals surface area (Å²) in [7, 11) is 0. The van der Waals surface area contributed by atoms with Gasteiger partial charge in [0.25, 0.3) is 0 Å². The van der Waals surface area contributed by atoms with E-state index in [2.05, 4.69) is 37.8 Å². The minimum atomic E-state index is -0.228. The number of hydrogen-bond acceptors (Lipinski definition) is 3. The summed E-state index contributed by atoms with van der Waals surface area (Å²) in [5.74, 6) is 0.567. The Bertz CT molecular complexity index is 565. The van der Waals surface area contributed by atoms with Gasteiger partial charge >= 0.3 is 145 Å². The maximum absolute atomic E-state index is 12.2. The average Bonchev–Trinajstić information content (AvgIpc) is 2.98. The van der Waals surface area contributed by atoms with Crippen molar-refractivity contribution in [2.24, 2.45) is 0 Å². The number of ether oxygens (including phenoxy) is 2. The molecule has 1 aromatic carbocycles. The molecule has 1 aliphatic rings. The minimum absolute atomic E-state index is 0.0643. The molecule has 0 saturated carbocycles. The van der Waals surface area contributed by atoms with Crippen LogP contribution in [0.25, 0.3) is 0 Å². The van der Waals surface area contributed by atoms with Gasteiger partial charge < -0.3 is 0 Å². The van der Waals surface area contributed by atoms with Gasteiger partial charge in [-0.05, 0) is 0 Å². The maximum atomic E-state index is 12.2. The van der Waals surface area contributed by atoms with E-state index < -0.39 is 0 Å². The number of allylic oxidation sites excluding steroid dienone is 2. The van der Waals surface area contributed by atoms with E-state index in [-0.39, 0.29) is 12.1 Å². The first kappa shape index (κ1) is 17.8. The molecule has 0 aromatic heterocycles. The van der Waals surface area contributed by atoms with Crippen LogP contribution in [-0.2, 0) is 14.3 Å². The van der Waals surface area contributed by atoms with Crippen molar-refractivity contribution < 1.29 is 14.3 Å². The van der Waals surface area contributed by atoms with Crippen LogP contribution in [0.1, 0.15) is 33.1 Å². The van der Waals surface area contributed by atoms with Crippen LogP contribution in [0, 0.1) is 0 Å². The standard InChI is InChI=1S/C19H24O3Se/c1-4-6-12-17-16(19(20)21-5-2)13-18(22-17)14(3)23-15-10-8-7-9-11-15/h4,7-11,14,18H,1,5-6,12-13H2,2-3H3. The Kier molecular flexibility index (Phi) is 6.94. The van der Waals surface area contributed by atoms with Crippen molar-refractivity contribution in [2.45, 2.75) is 44.0 Å². The fourth-order valence-corrected chi connectivity index (χ4v) is 4.72. The van der Waals surface area contributed by atoms with E-state index in [0.29, 0.717) is 32.8 Å². The molecular formula is C19H24O3Se. The zero-order valence-electron chi connectivity index (χ0n) is 13.8. The van der Waals surface area contributed by atoms with Gasteiger partial charge in [-0.1, -0.05) is 0 Å². The molecule has 0 fully saturated rings. The molecule has 2 unspecified atom stereocenters. The molecule has 0 N–H and O–H groups in total. The van der Waals surface area contributed by atoms with Crippen LogP contribution in [0.2, 0.25) is 4.82 Å².